The van der Waals surface area contributed by atoms with Gasteiger partial charge in [0.15, 0.2) is 0 Å². The molecule has 0 radical (unpaired) electrons. The standard InChI is InChI=1S/C19H30FN3O4S/c1-19(2,3)27-18(24)23-13-10-16(11-14-23)22(4)28(25,26)21-12-9-15-7-5-6-8-17(15)20/h5-8,16,21H,9-14H2,1-4H3. The maximum absolute atomic E-state index is 13.6. The number of nitrogens with zero attached hydrogens (tertiary/aromatic N) is 2. The van der Waals surface area contributed by atoms with Gasteiger partial charge in [0.05, 0.1) is 0 Å². The summed E-state index contributed by atoms with van der Waals surface area (Å²) >= 11 is 0. The second kappa shape index (κ2) is 9.19. The van der Waals surface area contributed by atoms with E-state index in [0.717, 1.165) is 0 Å². The van der Waals surface area contributed by atoms with E-state index < -0.39 is 15.8 Å². The Balaban J connectivity index is 1.83. The molecule has 1 aromatic rings. The van der Waals surface area contributed by atoms with Gasteiger partial charge in [0.1, 0.15) is 11.4 Å². The molecule has 28 heavy (non-hydrogen) atoms. The van der Waals surface area contributed by atoms with E-state index in [1.165, 1.54) is 17.4 Å². The van der Waals surface area contributed by atoms with Crippen LogP contribution in [0.15, 0.2) is 24.3 Å². The van der Waals surface area contributed by atoms with E-state index in [1.54, 1.807) is 23.1 Å². The number of rotatable bonds is 6. The lowest BCUT2D eigenvalue weighted by atomic mass is 10.1. The highest BCUT2D eigenvalue weighted by molar-refractivity contribution is 7.87. The fourth-order valence-electron chi connectivity index (χ4n) is 3.05. The molecule has 1 saturated heterocycles. The average molecular weight is 416 g/mol. The van der Waals surface area contributed by atoms with Gasteiger partial charge in [0.25, 0.3) is 10.2 Å². The predicted octanol–water partition coefficient (Wildman–Crippen LogP) is 2.53. The lowest BCUT2D eigenvalue weighted by Crippen LogP contribution is -2.51. The van der Waals surface area contributed by atoms with Crippen LogP contribution in [0.2, 0.25) is 0 Å². The number of hydrogen-bond donors (Lipinski definition) is 1. The minimum Gasteiger partial charge on any atom is -0.444 e. The first-order valence-corrected chi connectivity index (χ1v) is 10.9. The fraction of sp³-hybridized carbons (Fsp3) is 0.632. The lowest BCUT2D eigenvalue weighted by Gasteiger charge is -2.36. The van der Waals surface area contributed by atoms with Crippen LogP contribution < -0.4 is 4.72 Å². The maximum Gasteiger partial charge on any atom is 0.410 e. The van der Waals surface area contributed by atoms with Gasteiger partial charge in [-0.15, -0.1) is 0 Å². The monoisotopic (exact) mass is 415 g/mol. The van der Waals surface area contributed by atoms with Crippen molar-refractivity contribution in [1.82, 2.24) is 13.9 Å². The first-order valence-electron chi connectivity index (χ1n) is 9.43. The maximum atomic E-state index is 13.6. The molecule has 1 fully saturated rings. The van der Waals surface area contributed by atoms with Gasteiger partial charge in [-0.05, 0) is 51.7 Å². The molecule has 0 spiro atoms. The Morgan fingerprint density at radius 3 is 2.46 bits per heavy atom. The Bertz CT molecular complexity index is 772. The molecule has 0 saturated carbocycles. The number of piperidine rings is 1. The van der Waals surface area contributed by atoms with Crippen LogP contribution in [0, 0.1) is 5.82 Å². The summed E-state index contributed by atoms with van der Waals surface area (Å²) in [4.78, 5) is 13.7. The normalized spacial score (nSPS) is 16.4. The molecular weight excluding hydrogens is 385 g/mol. The summed E-state index contributed by atoms with van der Waals surface area (Å²) in [5.41, 5.74) is -0.0885. The summed E-state index contributed by atoms with van der Waals surface area (Å²) in [6.07, 6.45) is 0.963. The molecule has 158 valence electrons. The van der Waals surface area contributed by atoms with Crippen molar-refractivity contribution in [2.45, 2.75) is 51.7 Å². The van der Waals surface area contributed by atoms with Crippen LogP contribution in [-0.2, 0) is 21.4 Å². The van der Waals surface area contributed by atoms with Crippen LogP contribution in [-0.4, -0.2) is 62.0 Å². The Hall–Kier alpha value is -1.71. The van der Waals surface area contributed by atoms with Crippen molar-refractivity contribution in [2.75, 3.05) is 26.7 Å². The van der Waals surface area contributed by atoms with Crippen molar-refractivity contribution in [3.8, 4) is 0 Å². The Morgan fingerprint density at radius 2 is 1.89 bits per heavy atom. The molecule has 1 aliphatic rings. The SMILES string of the molecule is CN(C1CCN(C(=O)OC(C)(C)C)CC1)S(=O)(=O)NCCc1ccccc1F. The van der Waals surface area contributed by atoms with Crippen LogP contribution in [0.1, 0.15) is 39.2 Å². The quantitative estimate of drug-likeness (QED) is 0.774. The number of likely N-dealkylation sites (tertiary alicyclic amines) is 1. The van der Waals surface area contributed by atoms with Gasteiger partial charge in [-0.2, -0.15) is 12.7 Å². The number of carbonyl (C=O) groups is 1. The molecule has 2 rings (SSSR count). The third-order valence-corrected chi connectivity index (χ3v) is 6.27. The topological polar surface area (TPSA) is 79.0 Å². The highest BCUT2D eigenvalue weighted by Gasteiger charge is 2.32. The molecule has 1 N–H and O–H groups in total. The summed E-state index contributed by atoms with van der Waals surface area (Å²) in [5.74, 6) is -0.343. The molecule has 0 atom stereocenters. The fourth-order valence-corrected chi connectivity index (χ4v) is 4.22. The van der Waals surface area contributed by atoms with Crippen molar-refractivity contribution in [1.29, 1.82) is 0 Å². The molecule has 1 aromatic carbocycles. The van der Waals surface area contributed by atoms with Gasteiger partial charge < -0.3 is 9.64 Å². The molecule has 0 bridgehead atoms. The van der Waals surface area contributed by atoms with Crippen LogP contribution in [0.3, 0.4) is 0 Å². The number of hydrogen-bond acceptors (Lipinski definition) is 4. The van der Waals surface area contributed by atoms with E-state index in [9.17, 15) is 17.6 Å². The molecule has 1 heterocycles. The third kappa shape index (κ3) is 6.42. The van der Waals surface area contributed by atoms with Gasteiger partial charge in [-0.25, -0.2) is 13.9 Å². The van der Waals surface area contributed by atoms with E-state index in [2.05, 4.69) is 4.72 Å². The van der Waals surface area contributed by atoms with Gasteiger partial charge in [0.2, 0.25) is 0 Å². The first kappa shape index (κ1) is 22.6. The highest BCUT2D eigenvalue weighted by Crippen LogP contribution is 2.20. The van der Waals surface area contributed by atoms with Crippen LogP contribution in [0.25, 0.3) is 0 Å². The minimum atomic E-state index is -3.68. The van der Waals surface area contributed by atoms with Crippen molar-refractivity contribution in [2.24, 2.45) is 0 Å². The van der Waals surface area contributed by atoms with Gasteiger partial charge >= 0.3 is 6.09 Å². The summed E-state index contributed by atoms with van der Waals surface area (Å²) < 4.78 is 47.9. The zero-order valence-corrected chi connectivity index (χ0v) is 17.8. The Morgan fingerprint density at radius 1 is 1.29 bits per heavy atom. The predicted molar refractivity (Wildman–Crippen MR) is 106 cm³/mol. The third-order valence-electron chi connectivity index (χ3n) is 4.65. The van der Waals surface area contributed by atoms with E-state index in [-0.39, 0.29) is 30.9 Å². The molecule has 0 unspecified atom stereocenters. The summed E-state index contributed by atoms with van der Waals surface area (Å²) in [6, 6.07) is 6.11. The summed E-state index contributed by atoms with van der Waals surface area (Å²) in [5, 5.41) is 0. The van der Waals surface area contributed by atoms with E-state index in [4.69, 9.17) is 4.74 Å². The number of amides is 1. The number of halogens is 1. The molecule has 1 amide bonds. The number of ether oxygens (including phenoxy) is 1. The van der Waals surface area contributed by atoms with Crippen LogP contribution in [0.5, 0.6) is 0 Å². The zero-order valence-electron chi connectivity index (χ0n) is 16.9. The van der Waals surface area contributed by atoms with E-state index in [0.29, 0.717) is 31.5 Å². The van der Waals surface area contributed by atoms with Gasteiger partial charge in [-0.3, -0.25) is 0 Å². The van der Waals surface area contributed by atoms with Crippen molar-refractivity contribution in [3.63, 3.8) is 0 Å². The second-order valence-corrected chi connectivity index (χ2v) is 9.77. The summed E-state index contributed by atoms with van der Waals surface area (Å²) in [6.45, 7) is 6.43. The lowest BCUT2D eigenvalue weighted by molar-refractivity contribution is 0.0183. The van der Waals surface area contributed by atoms with Crippen molar-refractivity contribution >= 4 is 16.3 Å². The van der Waals surface area contributed by atoms with Crippen LogP contribution >= 0.6 is 0 Å². The van der Waals surface area contributed by atoms with Crippen LogP contribution in [0.4, 0.5) is 9.18 Å². The Labute approximate surface area is 167 Å². The highest BCUT2D eigenvalue weighted by atomic mass is 32.2. The number of benzene rings is 1. The van der Waals surface area contributed by atoms with Crippen molar-refractivity contribution < 1.29 is 22.3 Å². The van der Waals surface area contributed by atoms with Gasteiger partial charge in [0, 0.05) is 32.7 Å². The zero-order chi connectivity index (χ0) is 20.9. The van der Waals surface area contributed by atoms with Crippen molar-refractivity contribution in [3.05, 3.63) is 35.6 Å². The molecular formula is C19H30FN3O4S. The molecule has 9 heteroatoms. The molecule has 0 aromatic heterocycles. The molecule has 1 aliphatic heterocycles. The Kier molecular flexibility index (Phi) is 7.41. The minimum absolute atomic E-state index is 0.115. The van der Waals surface area contributed by atoms with E-state index >= 15 is 0 Å². The van der Waals surface area contributed by atoms with Gasteiger partial charge in [-0.1, -0.05) is 18.2 Å². The number of nitrogens with one attached hydrogen (secondary N) is 1. The molecule has 7 nitrogen and oxygen atoms in total. The smallest absolute Gasteiger partial charge is 0.410 e. The summed E-state index contributed by atoms with van der Waals surface area (Å²) in [7, 11) is -2.16. The second-order valence-electron chi connectivity index (χ2n) is 7.96. The largest absolute Gasteiger partial charge is 0.444 e. The van der Waals surface area contributed by atoms with E-state index in [1.807, 2.05) is 20.8 Å². The first-order chi connectivity index (χ1) is 13.0. The molecule has 0 aliphatic carbocycles. The number of carbonyl (C=O) groups excluding carboxylic acids is 1. The average Bonchev–Trinajstić information content (AvgIpc) is 2.61.